The van der Waals surface area contributed by atoms with E-state index < -0.39 is 5.60 Å². The fraction of sp³-hybridized carbons (Fsp3) is 0.846. The molecule has 1 amide bonds. The van der Waals surface area contributed by atoms with Gasteiger partial charge in [-0.2, -0.15) is 0 Å². The monoisotopic (exact) mass is 255 g/mol. The van der Waals surface area contributed by atoms with Crippen molar-refractivity contribution in [2.75, 3.05) is 20.2 Å². The Morgan fingerprint density at radius 3 is 2.17 bits per heavy atom. The highest BCUT2D eigenvalue weighted by molar-refractivity contribution is 5.75. The van der Waals surface area contributed by atoms with Crippen molar-refractivity contribution in [1.29, 1.82) is 0 Å². The summed E-state index contributed by atoms with van der Waals surface area (Å²) in [6.45, 7) is 6.77. The van der Waals surface area contributed by atoms with Crippen molar-refractivity contribution in [2.24, 2.45) is 17.8 Å². The molecule has 0 spiro atoms. The lowest BCUT2D eigenvalue weighted by atomic mass is 9.61. The van der Waals surface area contributed by atoms with Gasteiger partial charge >= 0.3 is 12.1 Å². The quantitative estimate of drug-likeness (QED) is 0.669. The number of rotatable bonds is 1. The SMILES string of the molecule is COC(=O)C1[C@@H]2C[C@H]1CN(C(=O)OC(C)(C)C)C2. The van der Waals surface area contributed by atoms with E-state index in [4.69, 9.17) is 9.47 Å². The van der Waals surface area contributed by atoms with Gasteiger partial charge in [-0.1, -0.05) is 0 Å². The van der Waals surface area contributed by atoms with E-state index in [1.54, 1.807) is 4.90 Å². The van der Waals surface area contributed by atoms with Gasteiger partial charge < -0.3 is 14.4 Å². The van der Waals surface area contributed by atoms with E-state index in [1.807, 2.05) is 20.8 Å². The van der Waals surface area contributed by atoms with Gasteiger partial charge in [0.15, 0.2) is 0 Å². The molecule has 2 saturated heterocycles. The van der Waals surface area contributed by atoms with Crippen molar-refractivity contribution in [1.82, 2.24) is 4.90 Å². The smallest absolute Gasteiger partial charge is 0.410 e. The number of ether oxygens (including phenoxy) is 2. The molecule has 0 aromatic carbocycles. The van der Waals surface area contributed by atoms with Crippen LogP contribution < -0.4 is 0 Å². The van der Waals surface area contributed by atoms with Crippen molar-refractivity contribution < 1.29 is 19.1 Å². The van der Waals surface area contributed by atoms with Gasteiger partial charge in [-0.25, -0.2) is 4.79 Å². The number of methoxy groups -OCH3 is 1. The molecular formula is C13H21NO4. The van der Waals surface area contributed by atoms with Crippen molar-refractivity contribution in [3.8, 4) is 0 Å². The molecule has 3 fully saturated rings. The van der Waals surface area contributed by atoms with Crippen LogP contribution in [0.2, 0.25) is 0 Å². The van der Waals surface area contributed by atoms with Crippen LogP contribution in [0, 0.1) is 17.8 Å². The minimum Gasteiger partial charge on any atom is -0.469 e. The summed E-state index contributed by atoms with van der Waals surface area (Å²) >= 11 is 0. The summed E-state index contributed by atoms with van der Waals surface area (Å²) in [4.78, 5) is 25.2. The first-order valence-corrected chi connectivity index (χ1v) is 6.37. The lowest BCUT2D eigenvalue weighted by molar-refractivity contribution is -0.162. The van der Waals surface area contributed by atoms with E-state index in [-0.39, 0.29) is 29.8 Å². The second-order valence-electron chi connectivity index (χ2n) is 6.19. The predicted octanol–water partition coefficient (Wildman–Crippen LogP) is 1.66. The predicted molar refractivity (Wildman–Crippen MR) is 64.9 cm³/mol. The van der Waals surface area contributed by atoms with Crippen LogP contribution in [0.4, 0.5) is 4.79 Å². The Bertz CT molecular complexity index is 348. The first-order chi connectivity index (χ1) is 8.31. The zero-order valence-electron chi connectivity index (χ0n) is 11.4. The summed E-state index contributed by atoms with van der Waals surface area (Å²) in [5.74, 6) is 0.321. The molecule has 0 N–H and O–H groups in total. The third kappa shape index (κ3) is 2.44. The van der Waals surface area contributed by atoms with E-state index in [2.05, 4.69) is 0 Å². The molecule has 2 aliphatic heterocycles. The number of carbonyl (C=O) groups excluding carboxylic acids is 2. The number of hydrogen-bond acceptors (Lipinski definition) is 4. The Hall–Kier alpha value is -1.26. The van der Waals surface area contributed by atoms with Gasteiger partial charge in [-0.05, 0) is 39.0 Å². The normalized spacial score (nSPS) is 30.4. The summed E-state index contributed by atoms with van der Waals surface area (Å²) in [5, 5.41) is 0. The Kier molecular flexibility index (Phi) is 3.25. The molecule has 1 saturated carbocycles. The molecule has 3 atom stereocenters. The molecular weight excluding hydrogens is 234 g/mol. The number of amides is 1. The molecule has 0 aromatic heterocycles. The maximum atomic E-state index is 11.9. The summed E-state index contributed by atoms with van der Waals surface area (Å²) in [5.41, 5.74) is -0.472. The molecule has 2 bridgehead atoms. The highest BCUT2D eigenvalue weighted by Crippen LogP contribution is 2.46. The van der Waals surface area contributed by atoms with Crippen LogP contribution >= 0.6 is 0 Å². The molecule has 1 aliphatic carbocycles. The van der Waals surface area contributed by atoms with Crippen molar-refractivity contribution in [2.45, 2.75) is 32.8 Å². The molecule has 0 aromatic rings. The van der Waals surface area contributed by atoms with Crippen LogP contribution in [0.25, 0.3) is 0 Å². The van der Waals surface area contributed by atoms with Gasteiger partial charge in [0.25, 0.3) is 0 Å². The zero-order chi connectivity index (χ0) is 13.5. The van der Waals surface area contributed by atoms with E-state index in [0.717, 1.165) is 6.42 Å². The molecule has 5 heteroatoms. The largest absolute Gasteiger partial charge is 0.469 e. The number of fused-ring (bicyclic) bond motifs is 2. The number of esters is 1. The highest BCUT2D eigenvalue weighted by atomic mass is 16.6. The third-order valence-electron chi connectivity index (χ3n) is 3.66. The molecule has 102 valence electrons. The van der Waals surface area contributed by atoms with Crippen LogP contribution in [0.15, 0.2) is 0 Å². The lowest BCUT2D eigenvalue weighted by Crippen LogP contribution is -2.59. The second-order valence-corrected chi connectivity index (χ2v) is 6.19. The molecule has 2 heterocycles. The number of carbonyl (C=O) groups is 2. The first kappa shape index (κ1) is 13.2. The fourth-order valence-corrected chi connectivity index (χ4v) is 2.88. The molecule has 5 nitrogen and oxygen atoms in total. The van der Waals surface area contributed by atoms with Crippen LogP contribution in [0.1, 0.15) is 27.2 Å². The average Bonchev–Trinajstić information content (AvgIpc) is 2.26. The Morgan fingerprint density at radius 1 is 1.17 bits per heavy atom. The lowest BCUT2D eigenvalue weighted by Gasteiger charge is -2.51. The van der Waals surface area contributed by atoms with Crippen LogP contribution in [-0.2, 0) is 14.3 Å². The summed E-state index contributed by atoms with van der Waals surface area (Å²) < 4.78 is 10.1. The molecule has 3 aliphatic rings. The maximum Gasteiger partial charge on any atom is 0.410 e. The van der Waals surface area contributed by atoms with Crippen molar-refractivity contribution >= 4 is 12.1 Å². The Balaban J connectivity index is 1.91. The summed E-state index contributed by atoms with van der Waals surface area (Å²) in [6.07, 6.45) is 0.736. The minimum absolute atomic E-state index is 0.0197. The van der Waals surface area contributed by atoms with Gasteiger partial charge in [-0.3, -0.25) is 4.79 Å². The van der Waals surface area contributed by atoms with Crippen molar-refractivity contribution in [3.63, 3.8) is 0 Å². The van der Waals surface area contributed by atoms with Crippen LogP contribution in [0.5, 0.6) is 0 Å². The standard InChI is InChI=1S/C13H21NO4/c1-13(2,3)18-12(16)14-6-8-5-9(7-14)10(8)11(15)17-4/h8-10H,5-7H2,1-4H3/t8-,9+,10?. The topological polar surface area (TPSA) is 55.8 Å². The van der Waals surface area contributed by atoms with Crippen LogP contribution in [0.3, 0.4) is 0 Å². The van der Waals surface area contributed by atoms with Crippen LogP contribution in [-0.4, -0.2) is 42.8 Å². The highest BCUT2D eigenvalue weighted by Gasteiger charge is 2.52. The molecule has 0 radical (unpaired) electrons. The van der Waals surface area contributed by atoms with Crippen molar-refractivity contribution in [3.05, 3.63) is 0 Å². The maximum absolute atomic E-state index is 11.9. The van der Waals surface area contributed by atoms with E-state index in [9.17, 15) is 9.59 Å². The van der Waals surface area contributed by atoms with Gasteiger partial charge in [-0.15, -0.1) is 0 Å². The van der Waals surface area contributed by atoms with Gasteiger partial charge in [0.2, 0.25) is 0 Å². The van der Waals surface area contributed by atoms with E-state index in [1.165, 1.54) is 7.11 Å². The molecule has 3 rings (SSSR count). The number of hydrogen-bond donors (Lipinski definition) is 0. The van der Waals surface area contributed by atoms with Gasteiger partial charge in [0.05, 0.1) is 13.0 Å². The van der Waals surface area contributed by atoms with Gasteiger partial charge in [0, 0.05) is 13.1 Å². The number of nitrogens with zero attached hydrogens (tertiary/aromatic N) is 1. The first-order valence-electron chi connectivity index (χ1n) is 6.37. The average molecular weight is 255 g/mol. The summed E-state index contributed by atoms with van der Waals surface area (Å²) in [6, 6.07) is 0. The molecule has 18 heavy (non-hydrogen) atoms. The minimum atomic E-state index is -0.472. The second kappa shape index (κ2) is 4.44. The Labute approximate surface area is 107 Å². The summed E-state index contributed by atoms with van der Waals surface area (Å²) in [7, 11) is 1.42. The fourth-order valence-electron chi connectivity index (χ4n) is 2.88. The zero-order valence-corrected chi connectivity index (χ0v) is 11.4. The molecule has 1 unspecified atom stereocenters. The van der Waals surface area contributed by atoms with E-state index >= 15 is 0 Å². The number of piperidine rings is 2. The Morgan fingerprint density at radius 2 is 1.72 bits per heavy atom. The third-order valence-corrected chi connectivity index (χ3v) is 3.66. The van der Waals surface area contributed by atoms with E-state index in [0.29, 0.717) is 13.1 Å². The van der Waals surface area contributed by atoms with Gasteiger partial charge in [0.1, 0.15) is 5.60 Å².